The highest BCUT2D eigenvalue weighted by molar-refractivity contribution is 6.00. The molecule has 6 rings (SSSR count). The molecule has 4 fully saturated rings. The lowest BCUT2D eigenvalue weighted by Gasteiger charge is -2.50. The monoisotopic (exact) mass is 833 g/mol. The number of carbonyl (C=O) groups excluding carboxylic acids is 4. The first kappa shape index (κ1) is 45.8. The van der Waals surface area contributed by atoms with Gasteiger partial charge in [-0.3, -0.25) is 24.2 Å². The topological polar surface area (TPSA) is 144 Å². The predicted octanol–water partition coefficient (Wildman–Crippen LogP) is 5.66. The molecule has 1 N–H and O–H groups in total. The van der Waals surface area contributed by atoms with Crippen molar-refractivity contribution in [2.45, 2.75) is 141 Å². The van der Waals surface area contributed by atoms with Crippen LogP contribution in [0, 0.1) is 23.7 Å². The highest BCUT2D eigenvalue weighted by Crippen LogP contribution is 2.46. The molecule has 4 heterocycles. The van der Waals surface area contributed by atoms with Gasteiger partial charge in [-0.1, -0.05) is 88.4 Å². The number of esters is 1. The van der Waals surface area contributed by atoms with Crippen LogP contribution in [0.2, 0.25) is 0 Å². The number of aliphatic hydroxyl groups excluding tert-OH is 1. The highest BCUT2D eigenvalue weighted by atomic mass is 16.7. The van der Waals surface area contributed by atoms with Crippen LogP contribution < -0.4 is 0 Å². The van der Waals surface area contributed by atoms with E-state index in [1.807, 2.05) is 83.1 Å². The number of fused-ring (bicyclic) bond motifs is 1. The molecule has 4 saturated heterocycles. The van der Waals surface area contributed by atoms with E-state index in [-0.39, 0.29) is 42.9 Å². The number of carbonyl (C=O) groups is 4. The van der Waals surface area contributed by atoms with E-state index >= 15 is 0 Å². The standard InChI is InChI=1S/C47H67N3O10/c1-12-36-47(8)41(50(45(55)60-47)34-25-49(26-34)37(32-19-15-13-16-20-32)33-21-17-14-18-22-33)29(4)38(51)27(2)24-46(7,56-11)42(30(5)39(52)31(6)43(54)58-36)59-44-40(53)35(48(9)10)23-28(3)57-44/h13-22,27-31,34-37,40-42,44,53H,12,23-26H2,1-11H3/t27-,28+,29-,30+,31+,35-,36-,40-,41+,42-,44-,46?,47-/m0/s1. The third-order valence-corrected chi connectivity index (χ3v) is 14.0. The molecule has 0 spiro atoms. The third-order valence-electron chi connectivity index (χ3n) is 14.0. The summed E-state index contributed by atoms with van der Waals surface area (Å²) >= 11 is 0. The largest absolute Gasteiger partial charge is 0.458 e. The van der Waals surface area contributed by atoms with E-state index in [9.17, 15) is 24.3 Å². The number of Topliss-reactive ketones (excluding diaryl/α,β-unsaturated/α-hetero) is 2. The van der Waals surface area contributed by atoms with E-state index in [4.69, 9.17) is 23.7 Å². The van der Waals surface area contributed by atoms with Crippen molar-refractivity contribution in [2.75, 3.05) is 34.3 Å². The Hall–Kier alpha value is -3.72. The molecule has 13 nitrogen and oxygen atoms in total. The lowest BCUT2D eigenvalue weighted by molar-refractivity contribution is -0.295. The average Bonchev–Trinajstić information content (AvgIpc) is 3.48. The smallest absolute Gasteiger partial charge is 0.411 e. The maximum absolute atomic E-state index is 14.9. The Morgan fingerprint density at radius 2 is 1.47 bits per heavy atom. The first-order chi connectivity index (χ1) is 28.4. The maximum atomic E-state index is 14.9. The van der Waals surface area contributed by atoms with Gasteiger partial charge in [0.2, 0.25) is 0 Å². The Bertz CT molecular complexity index is 1790. The Morgan fingerprint density at radius 1 is 0.883 bits per heavy atom. The average molecular weight is 834 g/mol. The molecule has 13 heteroatoms. The van der Waals surface area contributed by atoms with Crippen LogP contribution in [-0.2, 0) is 38.1 Å². The molecule has 1 amide bonds. The maximum Gasteiger partial charge on any atom is 0.411 e. The van der Waals surface area contributed by atoms with Gasteiger partial charge in [0, 0.05) is 44.0 Å². The number of hydrogen-bond acceptors (Lipinski definition) is 12. The minimum absolute atomic E-state index is 0.0542. The van der Waals surface area contributed by atoms with E-state index in [1.165, 1.54) is 14.0 Å². The lowest BCUT2D eigenvalue weighted by Crippen LogP contribution is -2.66. The first-order valence-corrected chi connectivity index (χ1v) is 21.7. The summed E-state index contributed by atoms with van der Waals surface area (Å²) < 4.78 is 31.6. The number of benzene rings is 2. The second kappa shape index (κ2) is 18.3. The summed E-state index contributed by atoms with van der Waals surface area (Å²) in [6.07, 6.45) is -4.05. The fraction of sp³-hybridized carbons (Fsp3) is 0.660. The molecule has 0 radical (unpaired) electrons. The van der Waals surface area contributed by atoms with Crippen molar-refractivity contribution in [3.05, 3.63) is 71.8 Å². The molecule has 4 aliphatic rings. The molecule has 0 bridgehead atoms. The molecule has 4 aliphatic heterocycles. The van der Waals surface area contributed by atoms with Crippen LogP contribution >= 0.6 is 0 Å². The molecule has 13 atom stereocenters. The normalized spacial score (nSPS) is 37.7. The van der Waals surface area contributed by atoms with Crippen molar-refractivity contribution in [2.24, 2.45) is 23.7 Å². The first-order valence-electron chi connectivity index (χ1n) is 21.7. The second-order valence-corrected chi connectivity index (χ2v) is 18.4. The molecular formula is C47H67N3O10. The quantitative estimate of drug-likeness (QED) is 0.246. The molecule has 330 valence electrons. The summed E-state index contributed by atoms with van der Waals surface area (Å²) in [5.41, 5.74) is -0.438. The molecular weight excluding hydrogens is 767 g/mol. The van der Waals surface area contributed by atoms with Crippen LogP contribution in [0.4, 0.5) is 4.79 Å². The van der Waals surface area contributed by atoms with Gasteiger partial charge in [-0.25, -0.2) is 4.79 Å². The number of likely N-dealkylation sites (N-methyl/N-ethyl adjacent to an activating group) is 1. The third kappa shape index (κ3) is 8.67. The lowest BCUT2D eigenvalue weighted by atomic mass is 9.73. The molecule has 0 aliphatic carbocycles. The van der Waals surface area contributed by atoms with Crippen molar-refractivity contribution in [1.82, 2.24) is 14.7 Å². The van der Waals surface area contributed by atoms with Gasteiger partial charge in [-0.2, -0.15) is 0 Å². The number of amides is 1. The second-order valence-electron chi connectivity index (χ2n) is 18.4. The van der Waals surface area contributed by atoms with Gasteiger partial charge in [0.05, 0.1) is 35.9 Å². The van der Waals surface area contributed by atoms with Gasteiger partial charge in [0.1, 0.15) is 23.9 Å². The van der Waals surface area contributed by atoms with Gasteiger partial charge in [-0.05, 0) is 72.2 Å². The van der Waals surface area contributed by atoms with Crippen molar-refractivity contribution in [1.29, 1.82) is 0 Å². The van der Waals surface area contributed by atoms with Crippen molar-refractivity contribution < 1.29 is 48.0 Å². The van der Waals surface area contributed by atoms with Gasteiger partial charge >= 0.3 is 12.1 Å². The summed E-state index contributed by atoms with van der Waals surface area (Å²) in [6.45, 7) is 15.2. The van der Waals surface area contributed by atoms with Crippen molar-refractivity contribution in [3.63, 3.8) is 0 Å². The summed E-state index contributed by atoms with van der Waals surface area (Å²) in [7, 11) is 5.26. The van der Waals surface area contributed by atoms with Gasteiger partial charge < -0.3 is 33.7 Å². The van der Waals surface area contributed by atoms with Gasteiger partial charge in [0.25, 0.3) is 0 Å². The Balaban J connectivity index is 1.35. The van der Waals surface area contributed by atoms with E-state index in [2.05, 4.69) is 29.2 Å². The van der Waals surface area contributed by atoms with Crippen LogP contribution in [0.3, 0.4) is 0 Å². The number of aliphatic hydroxyl groups is 1. The molecule has 2 aromatic rings. The zero-order valence-corrected chi connectivity index (χ0v) is 37.3. The van der Waals surface area contributed by atoms with Crippen LogP contribution in [0.25, 0.3) is 0 Å². The van der Waals surface area contributed by atoms with Crippen LogP contribution in [0.5, 0.6) is 0 Å². The van der Waals surface area contributed by atoms with E-state index in [0.717, 1.165) is 11.1 Å². The van der Waals surface area contributed by atoms with E-state index in [1.54, 1.807) is 25.7 Å². The number of ether oxygens (including phenoxy) is 5. The summed E-state index contributed by atoms with van der Waals surface area (Å²) in [4.78, 5) is 63.7. The summed E-state index contributed by atoms with van der Waals surface area (Å²) in [6, 6.07) is 19.1. The highest BCUT2D eigenvalue weighted by Gasteiger charge is 2.63. The Kier molecular flexibility index (Phi) is 14.0. The number of ketones is 2. The molecule has 1 unspecified atom stereocenters. The van der Waals surface area contributed by atoms with Gasteiger partial charge in [-0.15, -0.1) is 0 Å². The fourth-order valence-electron chi connectivity index (χ4n) is 10.5. The van der Waals surface area contributed by atoms with Crippen molar-refractivity contribution >= 4 is 23.6 Å². The Morgan fingerprint density at radius 3 is 2.00 bits per heavy atom. The predicted molar refractivity (Wildman–Crippen MR) is 225 cm³/mol. The zero-order chi connectivity index (χ0) is 43.8. The zero-order valence-electron chi connectivity index (χ0n) is 37.3. The Labute approximate surface area is 356 Å². The number of nitrogens with zero attached hydrogens (tertiary/aromatic N) is 3. The molecule has 0 aromatic heterocycles. The number of rotatable bonds is 9. The number of likely N-dealkylation sites (tertiary alicyclic amines) is 1. The van der Waals surface area contributed by atoms with Crippen molar-refractivity contribution in [3.8, 4) is 0 Å². The SMILES string of the molecule is CC[C@@H]1OC(=O)[C@H](C)C(=O)[C@@H](C)[C@H](O[C@@H]2O[C@H](C)C[C@H](N(C)C)[C@@H]2O)C(C)(OC)C[C@H](C)C(=O)[C@H](C)[C@H]2N(C3CN(C(c4ccccc4)c4ccccc4)C3)C(=O)O[C@@]12C. The summed E-state index contributed by atoms with van der Waals surface area (Å²) in [5, 5.41) is 11.5. The molecule has 2 aromatic carbocycles. The van der Waals surface area contributed by atoms with Crippen LogP contribution in [0.1, 0.15) is 91.8 Å². The fourth-order valence-corrected chi connectivity index (χ4v) is 10.5. The summed E-state index contributed by atoms with van der Waals surface area (Å²) in [5.74, 6) is -4.95. The minimum atomic E-state index is -1.42. The number of hydrogen-bond donors (Lipinski definition) is 1. The van der Waals surface area contributed by atoms with Gasteiger partial charge in [0.15, 0.2) is 17.7 Å². The molecule has 60 heavy (non-hydrogen) atoms. The van der Waals surface area contributed by atoms with Crippen LogP contribution in [0.15, 0.2) is 60.7 Å². The van der Waals surface area contributed by atoms with E-state index in [0.29, 0.717) is 19.5 Å². The van der Waals surface area contributed by atoms with E-state index < -0.39 is 83.4 Å². The number of methoxy groups -OCH3 is 1. The molecule has 0 saturated carbocycles. The van der Waals surface area contributed by atoms with Crippen LogP contribution in [-0.4, -0.2) is 138 Å². The number of cyclic esters (lactones) is 1. The minimum Gasteiger partial charge on any atom is -0.458 e.